The molecule has 4 fully saturated rings. The topological polar surface area (TPSA) is 162 Å². The average Bonchev–Trinajstić information content (AvgIpc) is 3.76. The van der Waals surface area contributed by atoms with Gasteiger partial charge in [0.2, 0.25) is 5.91 Å². The number of carbonyl (C=O) groups excluding carboxylic acids is 4. The highest BCUT2D eigenvalue weighted by atomic mass is 19.4. The maximum Gasteiger partial charge on any atom is 0.422 e. The van der Waals surface area contributed by atoms with Gasteiger partial charge in [-0.3, -0.25) is 19.2 Å². The van der Waals surface area contributed by atoms with Gasteiger partial charge in [0.1, 0.15) is 29.8 Å². The molecule has 13 nitrogen and oxygen atoms in total. The number of nitrogens with zero attached hydrogens (tertiary/aromatic N) is 1. The molecule has 0 radical (unpaired) electrons. The molecule has 2 amide bonds. The van der Waals surface area contributed by atoms with Crippen LogP contribution in [-0.2, 0) is 51.3 Å². The Kier molecular flexibility index (Phi) is 13.9. The number of hydrogen-bond acceptors (Lipinski definition) is 11. The Morgan fingerprint density at radius 1 is 0.983 bits per heavy atom. The number of hydrogen-bond donors (Lipinski definition) is 3. The molecule has 1 saturated carbocycles. The van der Waals surface area contributed by atoms with E-state index in [2.05, 4.69) is 29.2 Å². The highest BCUT2D eigenvalue weighted by Crippen LogP contribution is 2.58. The Bertz CT molecular complexity index is 1810. The number of esters is 2. The van der Waals surface area contributed by atoms with E-state index in [0.29, 0.717) is 35.1 Å². The number of aliphatic hydroxyl groups excluding tert-OH is 1. The molecule has 3 heterocycles. The summed E-state index contributed by atoms with van der Waals surface area (Å²) in [5.41, 5.74) is 0.440. The lowest BCUT2D eigenvalue weighted by atomic mass is 9.62. The van der Waals surface area contributed by atoms with Gasteiger partial charge in [0.15, 0.2) is 18.4 Å². The quantitative estimate of drug-likeness (QED) is 0.0961. The number of rotatable bonds is 19. The molecule has 1 aliphatic carbocycles. The summed E-state index contributed by atoms with van der Waals surface area (Å²) >= 11 is 0. The van der Waals surface area contributed by atoms with Crippen molar-refractivity contribution in [3.63, 3.8) is 0 Å². The van der Waals surface area contributed by atoms with Crippen molar-refractivity contribution < 1.29 is 61.2 Å². The van der Waals surface area contributed by atoms with Crippen LogP contribution < -0.4 is 10.6 Å². The number of alkyl halides is 3. The lowest BCUT2D eigenvalue weighted by molar-refractivity contribution is -0.224. The zero-order valence-corrected chi connectivity index (χ0v) is 32.8. The summed E-state index contributed by atoms with van der Waals surface area (Å²) in [6.07, 6.45) is 1.17. The third-order valence-electron chi connectivity index (χ3n) is 11.2. The van der Waals surface area contributed by atoms with Gasteiger partial charge in [-0.15, -0.1) is 0 Å². The van der Waals surface area contributed by atoms with E-state index in [-0.39, 0.29) is 38.6 Å². The Hall–Kier alpha value is -4.35. The largest absolute Gasteiger partial charge is 0.458 e. The first-order valence-electron chi connectivity index (χ1n) is 20.1. The van der Waals surface area contributed by atoms with Crippen LogP contribution in [0.3, 0.4) is 0 Å². The smallest absolute Gasteiger partial charge is 0.422 e. The van der Waals surface area contributed by atoms with Crippen molar-refractivity contribution in [1.82, 2.24) is 15.7 Å². The van der Waals surface area contributed by atoms with E-state index < -0.39 is 72.3 Å². The third-order valence-corrected chi connectivity index (χ3v) is 11.2. The van der Waals surface area contributed by atoms with Gasteiger partial charge in [0.25, 0.3) is 5.91 Å². The summed E-state index contributed by atoms with van der Waals surface area (Å²) in [4.78, 5) is 60.5. The fourth-order valence-electron chi connectivity index (χ4n) is 8.51. The molecule has 316 valence electrons. The van der Waals surface area contributed by atoms with Gasteiger partial charge < -0.3 is 34.7 Å². The van der Waals surface area contributed by atoms with Crippen LogP contribution in [0.4, 0.5) is 13.2 Å². The molecule has 58 heavy (non-hydrogen) atoms. The van der Waals surface area contributed by atoms with E-state index in [9.17, 15) is 32.3 Å². The molecule has 3 N–H and O–H groups in total. The van der Waals surface area contributed by atoms with Crippen LogP contribution in [0.5, 0.6) is 0 Å². The fourth-order valence-corrected chi connectivity index (χ4v) is 8.51. The highest BCUT2D eigenvalue weighted by molar-refractivity contribution is 5.95. The summed E-state index contributed by atoms with van der Waals surface area (Å²) in [6, 6.07) is 12.2. The molecule has 4 aliphatic rings. The van der Waals surface area contributed by atoms with Crippen molar-refractivity contribution in [3.8, 4) is 0 Å². The van der Waals surface area contributed by atoms with Crippen molar-refractivity contribution in [3.05, 3.63) is 76.9 Å². The Labute approximate surface area is 335 Å². The van der Waals surface area contributed by atoms with Crippen LogP contribution in [0.2, 0.25) is 0 Å². The number of amides is 2. The lowest BCUT2D eigenvalue weighted by Gasteiger charge is -2.48. The lowest BCUT2D eigenvalue weighted by Crippen LogP contribution is -2.69. The van der Waals surface area contributed by atoms with Gasteiger partial charge >= 0.3 is 18.1 Å². The van der Waals surface area contributed by atoms with Crippen molar-refractivity contribution in [2.75, 3.05) is 19.8 Å². The fraction of sp³-hybridized carbons (Fsp3) is 0.571. The first kappa shape index (κ1) is 43.2. The van der Waals surface area contributed by atoms with E-state index in [1.807, 2.05) is 0 Å². The number of ether oxygens (including phenoxy) is 4. The van der Waals surface area contributed by atoms with Crippen LogP contribution in [0.1, 0.15) is 98.7 Å². The van der Waals surface area contributed by atoms with E-state index in [0.717, 1.165) is 44.6 Å². The molecule has 16 heteroatoms. The second-order valence-corrected chi connectivity index (χ2v) is 15.3. The predicted octanol–water partition coefficient (Wildman–Crippen LogP) is 5.28. The number of fused-ring (bicyclic) bond motifs is 4. The van der Waals surface area contributed by atoms with Crippen LogP contribution in [0, 0.1) is 5.41 Å². The van der Waals surface area contributed by atoms with E-state index in [4.69, 9.17) is 24.2 Å². The minimum Gasteiger partial charge on any atom is -0.458 e. The van der Waals surface area contributed by atoms with Gasteiger partial charge in [-0.2, -0.15) is 18.2 Å². The SMILES string of the molecule is CCCCCC1(CCCCC)OC2C3CC4(C(=O)NCc5cccc(C(=O)NCCO)c5)C(ON(Cc5ccccc5C=CC(=O)OCC(F)(F)F)C4C(=O)O3)C2O1. The number of benzene rings is 2. The van der Waals surface area contributed by atoms with Crippen molar-refractivity contribution in [2.24, 2.45) is 5.41 Å². The van der Waals surface area contributed by atoms with Gasteiger partial charge in [-0.25, -0.2) is 4.79 Å². The standard InChI is InChI=1S/C42H52F3N3O10/c1-3-5-9-18-40(19-10-6-4-2)56-33-31-23-41(39(53)47-24-27-12-11-15-29(22-27)37(51)46-20-21-49)35(38(52)55-31)48(58-36(41)34(33)57-40)25-30-14-8-7-13-28(30)16-17-32(50)54-26-42(43,44)45/h7-8,11-17,22,31,33-36,49H,3-6,9-10,18-21,23-26H2,1-2H3,(H,46,51)(H,47,53). The van der Waals surface area contributed by atoms with Crippen LogP contribution in [-0.4, -0.2) is 96.1 Å². The molecular formula is C42H52F3N3O10. The van der Waals surface area contributed by atoms with Crippen molar-refractivity contribution >= 4 is 29.8 Å². The Morgan fingerprint density at radius 3 is 2.41 bits per heavy atom. The molecule has 6 unspecified atom stereocenters. The van der Waals surface area contributed by atoms with Crippen LogP contribution in [0.15, 0.2) is 54.6 Å². The second kappa shape index (κ2) is 18.7. The molecule has 3 aliphatic heterocycles. The van der Waals surface area contributed by atoms with Crippen molar-refractivity contribution in [2.45, 2.75) is 127 Å². The summed E-state index contributed by atoms with van der Waals surface area (Å²) in [5, 5.41) is 16.2. The normalized spacial score (nSPS) is 26.0. The molecule has 0 spiro atoms. The molecule has 2 aromatic carbocycles. The monoisotopic (exact) mass is 815 g/mol. The van der Waals surface area contributed by atoms with Gasteiger partial charge in [0.05, 0.1) is 13.2 Å². The number of aliphatic hydroxyl groups is 1. The van der Waals surface area contributed by atoms with Crippen molar-refractivity contribution in [1.29, 1.82) is 0 Å². The van der Waals surface area contributed by atoms with E-state index in [1.165, 1.54) is 11.1 Å². The number of carbonyl (C=O) groups is 4. The summed E-state index contributed by atoms with van der Waals surface area (Å²) in [7, 11) is 0. The summed E-state index contributed by atoms with van der Waals surface area (Å²) in [6.45, 7) is 2.31. The number of hydroxylamine groups is 2. The molecule has 2 aromatic rings. The maximum absolute atomic E-state index is 14.8. The summed E-state index contributed by atoms with van der Waals surface area (Å²) in [5.74, 6) is -3.69. The maximum atomic E-state index is 14.8. The molecule has 0 aromatic heterocycles. The van der Waals surface area contributed by atoms with E-state index >= 15 is 0 Å². The molecule has 6 rings (SSSR count). The van der Waals surface area contributed by atoms with E-state index in [1.54, 1.807) is 48.5 Å². The average molecular weight is 816 g/mol. The van der Waals surface area contributed by atoms with Crippen LogP contribution >= 0.6 is 0 Å². The first-order chi connectivity index (χ1) is 27.8. The molecule has 6 atom stereocenters. The molecular weight excluding hydrogens is 763 g/mol. The van der Waals surface area contributed by atoms with Crippen LogP contribution in [0.25, 0.3) is 6.08 Å². The highest BCUT2D eigenvalue weighted by Gasteiger charge is 2.76. The zero-order valence-electron chi connectivity index (χ0n) is 32.8. The van der Waals surface area contributed by atoms with Gasteiger partial charge in [0, 0.05) is 44.0 Å². The zero-order chi connectivity index (χ0) is 41.5. The predicted molar refractivity (Wildman–Crippen MR) is 202 cm³/mol. The minimum absolute atomic E-state index is 0.0162. The Balaban J connectivity index is 1.32. The third kappa shape index (κ3) is 9.57. The minimum atomic E-state index is -4.68. The van der Waals surface area contributed by atoms with Gasteiger partial charge in [-0.1, -0.05) is 75.9 Å². The second-order valence-electron chi connectivity index (χ2n) is 15.3. The number of halogens is 3. The molecule has 3 saturated heterocycles. The first-order valence-corrected chi connectivity index (χ1v) is 20.1. The molecule has 2 bridgehead atoms. The summed E-state index contributed by atoms with van der Waals surface area (Å²) < 4.78 is 62.1. The van der Waals surface area contributed by atoms with Gasteiger partial charge in [-0.05, 0) is 47.7 Å². The number of nitrogens with one attached hydrogen (secondary N) is 2. The number of unbranched alkanes of at least 4 members (excludes halogenated alkanes) is 4. The Morgan fingerprint density at radius 2 is 1.71 bits per heavy atom.